The van der Waals surface area contributed by atoms with Gasteiger partial charge in [0.2, 0.25) is 5.91 Å². The molecule has 27 heavy (non-hydrogen) atoms. The lowest BCUT2D eigenvalue weighted by atomic mass is 9.89. The molecule has 0 radical (unpaired) electrons. The minimum Gasteiger partial charge on any atom is -0.384 e. The number of nitrogens with zero attached hydrogens (tertiary/aromatic N) is 2. The van der Waals surface area contributed by atoms with Crippen LogP contribution in [-0.4, -0.2) is 34.7 Å². The summed E-state index contributed by atoms with van der Waals surface area (Å²) in [7, 11) is 0. The lowest BCUT2D eigenvalue weighted by Gasteiger charge is -2.45. The van der Waals surface area contributed by atoms with E-state index < -0.39 is 18.2 Å². The fraction of sp³-hybridized carbons (Fsp3) is 0.350. The summed E-state index contributed by atoms with van der Waals surface area (Å²) in [5.74, 6) is -0.260. The van der Waals surface area contributed by atoms with Gasteiger partial charge in [-0.05, 0) is 43.5 Å². The number of likely N-dealkylation sites (tertiary alicyclic amines) is 1. The second kappa shape index (κ2) is 8.18. The molecule has 2 heterocycles. The number of amides is 3. The van der Waals surface area contributed by atoms with Crippen molar-refractivity contribution in [3.05, 3.63) is 59.8 Å². The number of hydrogen-bond acceptors (Lipinski definition) is 5. The number of rotatable bonds is 6. The van der Waals surface area contributed by atoms with Crippen LogP contribution in [0.25, 0.3) is 0 Å². The molecular formula is C20H24N4O3. The molecule has 1 aromatic heterocycles. The van der Waals surface area contributed by atoms with Crippen molar-refractivity contribution in [2.24, 2.45) is 5.92 Å². The van der Waals surface area contributed by atoms with Crippen LogP contribution in [-0.2, 0) is 16.0 Å². The smallest absolute Gasteiger partial charge is 0.326 e. The number of β-lactam (4-membered cyclic amide) rings is 1. The number of pyridine rings is 1. The molecule has 0 saturated carbocycles. The lowest BCUT2D eigenvalue weighted by molar-refractivity contribution is -0.180. The molecule has 0 aliphatic carbocycles. The first kappa shape index (κ1) is 18.8. The minimum atomic E-state index is -0.583. The highest BCUT2D eigenvalue weighted by molar-refractivity contribution is 6.01. The van der Waals surface area contributed by atoms with Crippen LogP contribution in [0.4, 0.5) is 10.6 Å². The monoisotopic (exact) mass is 368 g/mol. The maximum atomic E-state index is 12.6. The van der Waals surface area contributed by atoms with E-state index in [0.717, 1.165) is 16.0 Å². The van der Waals surface area contributed by atoms with E-state index in [-0.39, 0.29) is 11.9 Å². The van der Waals surface area contributed by atoms with Gasteiger partial charge in [-0.1, -0.05) is 30.3 Å². The number of hydrogen-bond donors (Lipinski definition) is 2. The van der Waals surface area contributed by atoms with E-state index in [4.69, 9.17) is 10.5 Å². The average Bonchev–Trinajstić information content (AvgIpc) is 2.66. The summed E-state index contributed by atoms with van der Waals surface area (Å²) in [6.07, 6.45) is 1.48. The van der Waals surface area contributed by atoms with E-state index in [1.807, 2.05) is 50.2 Å². The van der Waals surface area contributed by atoms with Gasteiger partial charge in [-0.15, -0.1) is 0 Å². The fourth-order valence-electron chi connectivity index (χ4n) is 3.24. The van der Waals surface area contributed by atoms with E-state index in [9.17, 15) is 9.59 Å². The van der Waals surface area contributed by atoms with Crippen LogP contribution in [0.3, 0.4) is 0 Å². The molecule has 1 aromatic carbocycles. The molecule has 0 unspecified atom stereocenters. The number of nitrogen functional groups attached to an aromatic ring is 1. The van der Waals surface area contributed by atoms with E-state index in [2.05, 4.69) is 10.3 Å². The van der Waals surface area contributed by atoms with Crippen molar-refractivity contribution in [3.8, 4) is 0 Å². The molecule has 1 saturated heterocycles. The fourth-order valence-corrected chi connectivity index (χ4v) is 3.24. The third kappa shape index (κ3) is 4.09. The van der Waals surface area contributed by atoms with Gasteiger partial charge in [-0.25, -0.2) is 14.7 Å². The Morgan fingerprint density at radius 3 is 2.74 bits per heavy atom. The van der Waals surface area contributed by atoms with Crippen molar-refractivity contribution < 1.29 is 14.3 Å². The number of imide groups is 1. The number of nitrogens with two attached hydrogens (primary N) is 1. The van der Waals surface area contributed by atoms with Gasteiger partial charge in [0.05, 0.1) is 12.0 Å². The Labute approximate surface area is 158 Å². The van der Waals surface area contributed by atoms with Gasteiger partial charge < -0.3 is 15.8 Å². The predicted molar refractivity (Wildman–Crippen MR) is 101 cm³/mol. The third-order valence-corrected chi connectivity index (χ3v) is 4.65. The van der Waals surface area contributed by atoms with Gasteiger partial charge in [0, 0.05) is 12.8 Å². The quantitative estimate of drug-likeness (QED) is 0.764. The number of ether oxygens (including phenoxy) is 1. The van der Waals surface area contributed by atoms with Gasteiger partial charge in [0.15, 0.2) is 6.23 Å². The number of anilines is 1. The van der Waals surface area contributed by atoms with Crippen LogP contribution in [0.2, 0.25) is 0 Å². The number of nitrogens with one attached hydrogen (secondary N) is 1. The zero-order valence-electron chi connectivity index (χ0n) is 15.5. The van der Waals surface area contributed by atoms with Gasteiger partial charge >= 0.3 is 6.03 Å². The standard InChI is InChI=1S/C20H24N4O3/c1-3-27-19-16(11-14-9-10-22-17(21)12-14)18(25)24(19)20(26)23-13(2)15-7-5-4-6-8-15/h4-10,12-13,16,19H,3,11H2,1-2H3,(H2,21,22)(H,23,26)/t13-,16+,19-/m1/s1. The van der Waals surface area contributed by atoms with Gasteiger partial charge in [-0.3, -0.25) is 4.79 Å². The highest BCUT2D eigenvalue weighted by Gasteiger charge is 2.51. The van der Waals surface area contributed by atoms with E-state index in [0.29, 0.717) is 18.8 Å². The van der Waals surface area contributed by atoms with Crippen LogP contribution in [0.15, 0.2) is 48.7 Å². The molecular weight excluding hydrogens is 344 g/mol. The highest BCUT2D eigenvalue weighted by atomic mass is 16.5. The minimum absolute atomic E-state index is 0.215. The Morgan fingerprint density at radius 2 is 2.07 bits per heavy atom. The number of urea groups is 1. The molecule has 3 N–H and O–H groups in total. The van der Waals surface area contributed by atoms with Crippen molar-refractivity contribution in [3.63, 3.8) is 0 Å². The van der Waals surface area contributed by atoms with Crippen molar-refractivity contribution in [2.75, 3.05) is 12.3 Å². The molecule has 7 nitrogen and oxygen atoms in total. The zero-order valence-corrected chi connectivity index (χ0v) is 15.5. The van der Waals surface area contributed by atoms with Crippen molar-refractivity contribution in [1.82, 2.24) is 15.2 Å². The lowest BCUT2D eigenvalue weighted by Crippen LogP contribution is -2.66. The van der Waals surface area contributed by atoms with Crippen molar-refractivity contribution >= 4 is 17.8 Å². The number of benzene rings is 1. The van der Waals surface area contributed by atoms with Crippen LogP contribution in [0.5, 0.6) is 0 Å². The molecule has 3 rings (SSSR count). The Balaban J connectivity index is 1.68. The third-order valence-electron chi connectivity index (χ3n) is 4.65. The molecule has 3 atom stereocenters. The maximum Gasteiger partial charge on any atom is 0.326 e. The summed E-state index contributed by atoms with van der Waals surface area (Å²) in [5, 5.41) is 2.87. The molecule has 1 aliphatic rings. The molecule has 7 heteroatoms. The van der Waals surface area contributed by atoms with Crippen LogP contribution < -0.4 is 11.1 Å². The molecule has 2 aromatic rings. The molecule has 3 amide bonds. The summed E-state index contributed by atoms with van der Waals surface area (Å²) in [6, 6.07) is 12.5. The maximum absolute atomic E-state index is 12.6. The number of carbonyl (C=O) groups is 2. The largest absolute Gasteiger partial charge is 0.384 e. The van der Waals surface area contributed by atoms with E-state index >= 15 is 0 Å². The van der Waals surface area contributed by atoms with Crippen LogP contribution in [0, 0.1) is 5.92 Å². The van der Waals surface area contributed by atoms with E-state index in [1.54, 1.807) is 12.3 Å². The summed E-state index contributed by atoms with van der Waals surface area (Å²) in [6.45, 7) is 4.13. The Hall–Kier alpha value is -2.93. The molecule has 1 aliphatic heterocycles. The highest BCUT2D eigenvalue weighted by Crippen LogP contribution is 2.31. The van der Waals surface area contributed by atoms with Gasteiger partial charge in [-0.2, -0.15) is 0 Å². The molecule has 142 valence electrons. The summed E-state index contributed by atoms with van der Waals surface area (Å²) >= 11 is 0. The SMILES string of the molecule is CCO[C@@H]1[C@@H](Cc2ccnc(N)c2)C(=O)N1C(=O)N[C@H](C)c1ccccc1. The first-order valence-corrected chi connectivity index (χ1v) is 9.01. The van der Waals surface area contributed by atoms with Gasteiger partial charge in [0.25, 0.3) is 0 Å². The topological polar surface area (TPSA) is 97.6 Å². The predicted octanol–water partition coefficient (Wildman–Crippen LogP) is 2.50. The Morgan fingerprint density at radius 1 is 1.33 bits per heavy atom. The molecule has 0 bridgehead atoms. The number of aromatic nitrogens is 1. The van der Waals surface area contributed by atoms with Crippen molar-refractivity contribution in [2.45, 2.75) is 32.5 Å². The van der Waals surface area contributed by atoms with E-state index in [1.165, 1.54) is 0 Å². The summed E-state index contributed by atoms with van der Waals surface area (Å²) < 4.78 is 5.68. The second-order valence-corrected chi connectivity index (χ2v) is 6.54. The van der Waals surface area contributed by atoms with Gasteiger partial charge in [0.1, 0.15) is 5.82 Å². The summed E-state index contributed by atoms with van der Waals surface area (Å²) in [4.78, 5) is 30.4. The first-order valence-electron chi connectivity index (χ1n) is 9.01. The Bertz CT molecular complexity index is 812. The molecule has 1 fully saturated rings. The van der Waals surface area contributed by atoms with Crippen LogP contribution >= 0.6 is 0 Å². The van der Waals surface area contributed by atoms with Crippen molar-refractivity contribution in [1.29, 1.82) is 0 Å². The first-order chi connectivity index (χ1) is 13.0. The molecule has 0 spiro atoms. The Kier molecular flexibility index (Phi) is 5.71. The normalized spacial score (nSPS) is 20.1. The van der Waals surface area contributed by atoms with Crippen LogP contribution in [0.1, 0.15) is 31.0 Å². The average molecular weight is 368 g/mol. The second-order valence-electron chi connectivity index (χ2n) is 6.54. The summed E-state index contributed by atoms with van der Waals surface area (Å²) in [5.41, 5.74) is 7.57. The number of carbonyl (C=O) groups excluding carboxylic acids is 2. The zero-order chi connectivity index (χ0) is 19.4.